The SMILES string of the molecule is CC1=CC(=O)C(N)C2=C1NC1C=CC=CC1=C2. The highest BCUT2D eigenvalue weighted by molar-refractivity contribution is 6.00. The second-order valence-electron chi connectivity index (χ2n) is 4.55. The van der Waals surface area contributed by atoms with Gasteiger partial charge in [-0.05, 0) is 30.2 Å². The summed E-state index contributed by atoms with van der Waals surface area (Å²) >= 11 is 0. The Morgan fingerprint density at radius 3 is 2.94 bits per heavy atom. The zero-order valence-corrected chi connectivity index (χ0v) is 9.60. The van der Waals surface area contributed by atoms with E-state index in [0.717, 1.165) is 22.4 Å². The molecule has 0 radical (unpaired) electrons. The number of carbonyl (C=O) groups excluding carboxylic acids is 1. The van der Waals surface area contributed by atoms with Gasteiger partial charge in [0.15, 0.2) is 5.78 Å². The van der Waals surface area contributed by atoms with E-state index in [4.69, 9.17) is 5.73 Å². The number of carbonyl (C=O) groups is 1. The summed E-state index contributed by atoms with van der Waals surface area (Å²) in [5.74, 6) is -0.0197. The van der Waals surface area contributed by atoms with Gasteiger partial charge in [0.2, 0.25) is 0 Å². The summed E-state index contributed by atoms with van der Waals surface area (Å²) in [6.07, 6.45) is 11.8. The van der Waals surface area contributed by atoms with Crippen LogP contribution in [0, 0.1) is 0 Å². The first-order valence-electron chi connectivity index (χ1n) is 5.72. The Morgan fingerprint density at radius 2 is 2.12 bits per heavy atom. The molecule has 3 aliphatic rings. The average Bonchev–Trinajstić information content (AvgIpc) is 2.34. The summed E-state index contributed by atoms with van der Waals surface area (Å²) in [6.45, 7) is 1.94. The maximum atomic E-state index is 11.7. The van der Waals surface area contributed by atoms with Gasteiger partial charge in [0, 0.05) is 11.3 Å². The molecule has 17 heavy (non-hydrogen) atoms. The minimum Gasteiger partial charge on any atom is -0.374 e. The first-order chi connectivity index (χ1) is 8.16. The van der Waals surface area contributed by atoms with Crippen LogP contribution < -0.4 is 11.1 Å². The fraction of sp³-hybridized carbons (Fsp3) is 0.214. The van der Waals surface area contributed by atoms with Crippen molar-refractivity contribution in [1.29, 1.82) is 0 Å². The summed E-state index contributed by atoms with van der Waals surface area (Å²) in [6, 6.07) is -0.337. The van der Waals surface area contributed by atoms with Gasteiger partial charge < -0.3 is 11.1 Å². The smallest absolute Gasteiger partial charge is 0.177 e. The molecule has 2 atom stereocenters. The quantitative estimate of drug-likeness (QED) is 0.651. The minimum atomic E-state index is -0.533. The van der Waals surface area contributed by atoms with Crippen molar-refractivity contribution in [3.63, 3.8) is 0 Å². The lowest BCUT2D eigenvalue weighted by Gasteiger charge is -2.32. The molecule has 2 unspecified atom stereocenters. The Bertz CT molecular complexity index is 547. The first kappa shape index (κ1) is 10.3. The van der Waals surface area contributed by atoms with E-state index in [0.29, 0.717) is 0 Å². The zero-order valence-electron chi connectivity index (χ0n) is 9.60. The highest BCUT2D eigenvalue weighted by atomic mass is 16.1. The third-order valence-corrected chi connectivity index (χ3v) is 3.37. The van der Waals surface area contributed by atoms with Crippen LogP contribution >= 0.6 is 0 Å². The van der Waals surface area contributed by atoms with Crippen LogP contribution in [-0.2, 0) is 4.79 Å². The van der Waals surface area contributed by atoms with E-state index in [1.54, 1.807) is 6.08 Å². The number of hydrogen-bond acceptors (Lipinski definition) is 3. The Morgan fingerprint density at radius 1 is 1.29 bits per heavy atom. The van der Waals surface area contributed by atoms with E-state index in [1.807, 2.05) is 31.2 Å². The fourth-order valence-electron chi connectivity index (χ4n) is 2.43. The van der Waals surface area contributed by atoms with Crippen molar-refractivity contribution in [3.8, 4) is 0 Å². The number of ketones is 1. The molecule has 0 saturated carbocycles. The van der Waals surface area contributed by atoms with Crippen LogP contribution in [0.3, 0.4) is 0 Å². The maximum Gasteiger partial charge on any atom is 0.177 e. The van der Waals surface area contributed by atoms with Gasteiger partial charge in [-0.1, -0.05) is 24.3 Å². The van der Waals surface area contributed by atoms with Crippen LogP contribution in [0.4, 0.5) is 0 Å². The Hall–Kier alpha value is -1.87. The normalized spacial score (nSPS) is 30.4. The maximum absolute atomic E-state index is 11.7. The number of nitrogens with one attached hydrogen (secondary N) is 1. The van der Waals surface area contributed by atoms with Gasteiger partial charge in [-0.2, -0.15) is 0 Å². The van der Waals surface area contributed by atoms with Crippen LogP contribution in [0.5, 0.6) is 0 Å². The summed E-state index contributed by atoms with van der Waals surface area (Å²) in [5.41, 5.74) is 9.97. The van der Waals surface area contributed by atoms with E-state index in [-0.39, 0.29) is 11.8 Å². The predicted octanol–water partition coefficient (Wildman–Crippen LogP) is 1.12. The number of rotatable bonds is 0. The minimum absolute atomic E-state index is 0.0197. The van der Waals surface area contributed by atoms with Crippen molar-refractivity contribution in [1.82, 2.24) is 5.32 Å². The Kier molecular flexibility index (Phi) is 2.16. The lowest BCUT2D eigenvalue weighted by molar-refractivity contribution is -0.115. The third-order valence-electron chi connectivity index (χ3n) is 3.37. The van der Waals surface area contributed by atoms with Crippen molar-refractivity contribution >= 4 is 5.78 Å². The molecule has 3 nitrogen and oxygen atoms in total. The lowest BCUT2D eigenvalue weighted by Crippen LogP contribution is -2.42. The molecule has 0 aromatic heterocycles. The molecular formula is C14H14N2O. The van der Waals surface area contributed by atoms with Gasteiger partial charge in [-0.3, -0.25) is 4.79 Å². The van der Waals surface area contributed by atoms with E-state index < -0.39 is 6.04 Å². The van der Waals surface area contributed by atoms with Gasteiger partial charge in [-0.25, -0.2) is 0 Å². The number of allylic oxidation sites excluding steroid dienone is 3. The molecule has 3 N–H and O–H groups in total. The largest absolute Gasteiger partial charge is 0.374 e. The fourth-order valence-corrected chi connectivity index (χ4v) is 2.43. The van der Waals surface area contributed by atoms with Gasteiger partial charge in [0.25, 0.3) is 0 Å². The standard InChI is InChI=1S/C14H14N2O/c1-8-6-12(17)13(15)10-7-9-4-2-3-5-11(9)16-14(8)10/h2-7,11,13,16H,15H2,1H3. The van der Waals surface area contributed by atoms with Crippen LogP contribution in [0.25, 0.3) is 0 Å². The number of hydrogen-bond donors (Lipinski definition) is 2. The Balaban J connectivity index is 2.10. The average molecular weight is 226 g/mol. The van der Waals surface area contributed by atoms with E-state index >= 15 is 0 Å². The molecule has 3 heteroatoms. The van der Waals surface area contributed by atoms with Crippen molar-refractivity contribution in [2.24, 2.45) is 5.73 Å². The van der Waals surface area contributed by atoms with Crippen molar-refractivity contribution in [2.75, 3.05) is 0 Å². The van der Waals surface area contributed by atoms with Gasteiger partial charge in [0.1, 0.15) is 0 Å². The summed E-state index contributed by atoms with van der Waals surface area (Å²) in [5, 5.41) is 3.43. The molecule has 2 aliphatic carbocycles. The van der Waals surface area contributed by atoms with Crippen LogP contribution in [0.15, 0.2) is 58.9 Å². The molecular weight excluding hydrogens is 212 g/mol. The number of nitrogens with two attached hydrogens (primary N) is 1. The predicted molar refractivity (Wildman–Crippen MR) is 67.1 cm³/mol. The molecule has 1 heterocycles. The highest BCUT2D eigenvalue weighted by Crippen LogP contribution is 2.29. The van der Waals surface area contributed by atoms with Crippen LogP contribution in [0.1, 0.15) is 6.92 Å². The van der Waals surface area contributed by atoms with E-state index in [1.165, 1.54) is 0 Å². The van der Waals surface area contributed by atoms with Crippen LogP contribution in [0.2, 0.25) is 0 Å². The topological polar surface area (TPSA) is 55.1 Å². The van der Waals surface area contributed by atoms with Gasteiger partial charge in [-0.15, -0.1) is 0 Å². The molecule has 3 rings (SSSR count). The van der Waals surface area contributed by atoms with Gasteiger partial charge in [0.05, 0.1) is 12.1 Å². The van der Waals surface area contributed by atoms with E-state index in [9.17, 15) is 4.79 Å². The molecule has 0 bridgehead atoms. The highest BCUT2D eigenvalue weighted by Gasteiger charge is 2.30. The molecule has 86 valence electrons. The zero-order chi connectivity index (χ0) is 12.0. The van der Waals surface area contributed by atoms with Gasteiger partial charge >= 0.3 is 0 Å². The summed E-state index contributed by atoms with van der Waals surface area (Å²) < 4.78 is 0. The third kappa shape index (κ3) is 1.51. The van der Waals surface area contributed by atoms with Crippen molar-refractivity contribution < 1.29 is 4.79 Å². The van der Waals surface area contributed by atoms with Crippen molar-refractivity contribution in [3.05, 3.63) is 58.9 Å². The molecule has 0 amide bonds. The van der Waals surface area contributed by atoms with Crippen LogP contribution in [-0.4, -0.2) is 17.9 Å². The second kappa shape index (κ2) is 3.57. The van der Waals surface area contributed by atoms with E-state index in [2.05, 4.69) is 11.4 Å². The summed E-state index contributed by atoms with van der Waals surface area (Å²) in [7, 11) is 0. The number of fused-ring (bicyclic) bond motifs is 1. The molecule has 1 aliphatic heterocycles. The Labute approximate surface area is 100 Å². The molecule has 0 aromatic rings. The summed E-state index contributed by atoms with van der Waals surface area (Å²) in [4.78, 5) is 11.7. The first-order valence-corrected chi connectivity index (χ1v) is 5.72. The lowest BCUT2D eigenvalue weighted by atomic mass is 9.85. The molecule has 0 spiro atoms. The molecule has 0 fully saturated rings. The molecule has 0 aromatic carbocycles. The monoisotopic (exact) mass is 226 g/mol. The second-order valence-corrected chi connectivity index (χ2v) is 4.55. The molecule has 0 saturated heterocycles. The van der Waals surface area contributed by atoms with Crippen molar-refractivity contribution in [2.45, 2.75) is 19.0 Å². The number of dihydropyridines is 1.